The highest BCUT2D eigenvalue weighted by atomic mass is 32.1. The molecule has 0 unspecified atom stereocenters. The molecule has 0 atom stereocenters. The Kier molecular flexibility index (Phi) is 4.61. The molecule has 1 fully saturated rings. The van der Waals surface area contributed by atoms with Gasteiger partial charge < -0.3 is 4.90 Å². The lowest BCUT2D eigenvalue weighted by Crippen LogP contribution is -2.37. The number of carbonyl (C=O) groups excluding carboxylic acids is 1. The number of carbonyl (C=O) groups is 1. The summed E-state index contributed by atoms with van der Waals surface area (Å²) in [4.78, 5) is 20.5. The molecule has 4 heteroatoms. The summed E-state index contributed by atoms with van der Waals surface area (Å²) in [6.45, 7) is 1.63. The van der Waals surface area contributed by atoms with E-state index >= 15 is 0 Å². The quantitative estimate of drug-likeness (QED) is 0.679. The van der Waals surface area contributed by atoms with E-state index in [1.54, 1.807) is 11.3 Å². The van der Waals surface area contributed by atoms with Crippen LogP contribution >= 0.6 is 11.3 Å². The zero-order chi connectivity index (χ0) is 17.1. The Morgan fingerprint density at radius 2 is 1.60 bits per heavy atom. The first-order chi connectivity index (χ1) is 12.3. The average molecular weight is 348 g/mol. The smallest absolute Gasteiger partial charge is 0.253 e. The van der Waals surface area contributed by atoms with Gasteiger partial charge in [-0.3, -0.25) is 4.79 Å². The molecule has 0 aliphatic carbocycles. The van der Waals surface area contributed by atoms with E-state index in [0.717, 1.165) is 36.5 Å². The fourth-order valence-electron chi connectivity index (χ4n) is 3.32. The predicted octanol–water partition coefficient (Wildman–Crippen LogP) is 4.83. The highest BCUT2D eigenvalue weighted by Gasteiger charge is 2.25. The minimum atomic E-state index is 0.147. The maximum atomic E-state index is 12.5. The summed E-state index contributed by atoms with van der Waals surface area (Å²) in [5, 5.41) is 1.08. The number of hydrogen-bond acceptors (Lipinski definition) is 3. The third-order valence-corrected chi connectivity index (χ3v) is 5.96. The number of likely N-dealkylation sites (tertiary alicyclic amines) is 1. The van der Waals surface area contributed by atoms with E-state index < -0.39 is 0 Å². The Morgan fingerprint density at radius 3 is 2.28 bits per heavy atom. The first-order valence-corrected chi connectivity index (χ1v) is 9.48. The minimum absolute atomic E-state index is 0.147. The van der Waals surface area contributed by atoms with Crippen molar-refractivity contribution >= 4 is 17.2 Å². The van der Waals surface area contributed by atoms with Crippen molar-refractivity contribution in [3.8, 4) is 10.6 Å². The minimum Gasteiger partial charge on any atom is -0.339 e. The molecule has 3 nitrogen and oxygen atoms in total. The van der Waals surface area contributed by atoms with E-state index in [1.165, 1.54) is 10.4 Å². The molecule has 2 heterocycles. The standard InChI is InChI=1S/C21H20N2OS/c24-21(18-9-5-2-6-10-18)23-13-11-16(12-14-23)19-15-22-20(25-19)17-7-3-1-4-8-17/h1-10,15-16H,11-14H2. The Labute approximate surface area is 152 Å². The second-order valence-corrected chi connectivity index (χ2v) is 7.43. The van der Waals surface area contributed by atoms with Crippen molar-refractivity contribution in [2.24, 2.45) is 0 Å². The number of benzene rings is 2. The van der Waals surface area contributed by atoms with E-state index in [9.17, 15) is 4.79 Å². The summed E-state index contributed by atoms with van der Waals surface area (Å²) in [5.74, 6) is 0.656. The van der Waals surface area contributed by atoms with Crippen LogP contribution in [0.4, 0.5) is 0 Å². The van der Waals surface area contributed by atoms with Crippen LogP contribution in [0.5, 0.6) is 0 Å². The molecule has 0 bridgehead atoms. The van der Waals surface area contributed by atoms with Crippen molar-refractivity contribution in [3.05, 3.63) is 77.3 Å². The van der Waals surface area contributed by atoms with Gasteiger partial charge in [-0.1, -0.05) is 48.5 Å². The van der Waals surface area contributed by atoms with Crippen LogP contribution < -0.4 is 0 Å². The van der Waals surface area contributed by atoms with Crippen LogP contribution in [-0.4, -0.2) is 28.9 Å². The van der Waals surface area contributed by atoms with Crippen LogP contribution in [0, 0.1) is 0 Å². The van der Waals surface area contributed by atoms with Crippen molar-refractivity contribution in [2.45, 2.75) is 18.8 Å². The summed E-state index contributed by atoms with van der Waals surface area (Å²) in [6, 6.07) is 19.9. The zero-order valence-electron chi connectivity index (χ0n) is 14.0. The molecule has 4 rings (SSSR count). The number of hydrogen-bond donors (Lipinski definition) is 0. The van der Waals surface area contributed by atoms with Gasteiger partial charge in [0.15, 0.2) is 0 Å². The number of thiazole rings is 1. The Balaban J connectivity index is 1.41. The van der Waals surface area contributed by atoms with Gasteiger partial charge in [0.05, 0.1) is 0 Å². The largest absolute Gasteiger partial charge is 0.339 e. The predicted molar refractivity (Wildman–Crippen MR) is 102 cm³/mol. The molecule has 1 amide bonds. The first-order valence-electron chi connectivity index (χ1n) is 8.67. The van der Waals surface area contributed by atoms with Crippen molar-refractivity contribution in [1.29, 1.82) is 0 Å². The van der Waals surface area contributed by atoms with E-state index in [4.69, 9.17) is 0 Å². The SMILES string of the molecule is O=C(c1ccccc1)N1CCC(c2cnc(-c3ccccc3)s2)CC1. The summed E-state index contributed by atoms with van der Waals surface area (Å²) >= 11 is 1.78. The van der Waals surface area contributed by atoms with E-state index in [0.29, 0.717) is 5.92 Å². The van der Waals surface area contributed by atoms with Gasteiger partial charge in [-0.05, 0) is 30.9 Å². The molecule has 126 valence electrons. The summed E-state index contributed by atoms with van der Waals surface area (Å²) in [6.07, 6.45) is 4.04. The number of nitrogens with zero attached hydrogens (tertiary/aromatic N) is 2. The molecular formula is C21H20N2OS. The Bertz CT molecular complexity index is 837. The zero-order valence-corrected chi connectivity index (χ0v) is 14.8. The fourth-order valence-corrected chi connectivity index (χ4v) is 4.41. The van der Waals surface area contributed by atoms with Gasteiger partial charge in [-0.25, -0.2) is 4.98 Å². The summed E-state index contributed by atoms with van der Waals surface area (Å²) in [5.41, 5.74) is 1.96. The number of amides is 1. The molecule has 25 heavy (non-hydrogen) atoms. The topological polar surface area (TPSA) is 33.2 Å². The lowest BCUT2D eigenvalue weighted by Gasteiger charge is -2.31. The van der Waals surface area contributed by atoms with E-state index in [1.807, 2.05) is 59.6 Å². The van der Waals surface area contributed by atoms with Crippen LogP contribution in [0.25, 0.3) is 10.6 Å². The fraction of sp³-hybridized carbons (Fsp3) is 0.238. The van der Waals surface area contributed by atoms with Gasteiger partial charge in [0.2, 0.25) is 0 Å². The second kappa shape index (κ2) is 7.19. The average Bonchev–Trinajstić information content (AvgIpc) is 3.19. The highest BCUT2D eigenvalue weighted by Crippen LogP contribution is 2.35. The van der Waals surface area contributed by atoms with Crippen LogP contribution in [0.15, 0.2) is 66.9 Å². The lowest BCUT2D eigenvalue weighted by atomic mass is 9.95. The molecule has 2 aromatic carbocycles. The molecule has 3 aromatic rings. The van der Waals surface area contributed by atoms with Crippen molar-refractivity contribution in [3.63, 3.8) is 0 Å². The van der Waals surface area contributed by atoms with Crippen LogP contribution in [0.1, 0.15) is 34.0 Å². The monoisotopic (exact) mass is 348 g/mol. The Hall–Kier alpha value is -2.46. The van der Waals surface area contributed by atoms with Gasteiger partial charge in [0.25, 0.3) is 5.91 Å². The summed E-state index contributed by atoms with van der Waals surface area (Å²) in [7, 11) is 0. The molecule has 0 N–H and O–H groups in total. The summed E-state index contributed by atoms with van der Waals surface area (Å²) < 4.78 is 0. The number of aromatic nitrogens is 1. The third kappa shape index (κ3) is 3.49. The van der Waals surface area contributed by atoms with Gasteiger partial charge >= 0.3 is 0 Å². The van der Waals surface area contributed by atoms with Gasteiger partial charge in [-0.15, -0.1) is 11.3 Å². The molecule has 0 spiro atoms. The first kappa shape index (κ1) is 16.0. The van der Waals surface area contributed by atoms with E-state index in [-0.39, 0.29) is 5.91 Å². The molecule has 0 saturated carbocycles. The molecule has 1 saturated heterocycles. The molecule has 1 aromatic heterocycles. The van der Waals surface area contributed by atoms with Gasteiger partial charge in [-0.2, -0.15) is 0 Å². The molecular weight excluding hydrogens is 328 g/mol. The van der Waals surface area contributed by atoms with Gasteiger partial charge in [0.1, 0.15) is 5.01 Å². The maximum absolute atomic E-state index is 12.5. The third-order valence-electron chi connectivity index (χ3n) is 4.75. The molecule has 1 aliphatic rings. The van der Waals surface area contributed by atoms with Crippen LogP contribution in [0.3, 0.4) is 0 Å². The maximum Gasteiger partial charge on any atom is 0.253 e. The van der Waals surface area contributed by atoms with Crippen LogP contribution in [0.2, 0.25) is 0 Å². The van der Waals surface area contributed by atoms with Crippen molar-refractivity contribution < 1.29 is 4.79 Å². The number of piperidine rings is 1. The van der Waals surface area contributed by atoms with Gasteiger partial charge in [0, 0.05) is 35.3 Å². The Morgan fingerprint density at radius 1 is 0.960 bits per heavy atom. The van der Waals surface area contributed by atoms with Crippen molar-refractivity contribution in [2.75, 3.05) is 13.1 Å². The van der Waals surface area contributed by atoms with E-state index in [2.05, 4.69) is 17.1 Å². The highest BCUT2D eigenvalue weighted by molar-refractivity contribution is 7.15. The molecule has 0 radical (unpaired) electrons. The normalized spacial score (nSPS) is 15.3. The molecule has 1 aliphatic heterocycles. The lowest BCUT2D eigenvalue weighted by molar-refractivity contribution is 0.0713. The number of rotatable bonds is 3. The second-order valence-electron chi connectivity index (χ2n) is 6.37. The van der Waals surface area contributed by atoms with Crippen LogP contribution in [-0.2, 0) is 0 Å². The van der Waals surface area contributed by atoms with Crippen molar-refractivity contribution in [1.82, 2.24) is 9.88 Å².